The third kappa shape index (κ3) is 10.2. The predicted molar refractivity (Wildman–Crippen MR) is 278 cm³/mol. The van der Waals surface area contributed by atoms with Gasteiger partial charge in [-0.15, -0.1) is 0 Å². The second kappa shape index (κ2) is 21.0. The molecule has 5 aromatic rings. The van der Waals surface area contributed by atoms with E-state index in [1.807, 2.05) is 13.8 Å². The zero-order chi connectivity index (χ0) is 48.3. The summed E-state index contributed by atoms with van der Waals surface area (Å²) in [6.07, 6.45) is 12.9. The van der Waals surface area contributed by atoms with Crippen LogP contribution >= 0.6 is 0 Å². The molecule has 1 heterocycles. The highest BCUT2D eigenvalue weighted by Crippen LogP contribution is 2.55. The Morgan fingerprint density at radius 2 is 1.23 bits per heavy atom. The van der Waals surface area contributed by atoms with Crippen molar-refractivity contribution in [2.75, 3.05) is 14.2 Å². The number of fused-ring (bicyclic) bond motifs is 2. The average Bonchev–Trinajstić information content (AvgIpc) is 4.23. The number of carbonyl (C=O) groups excluding carboxylic acids is 3. The molecule has 0 bridgehead atoms. The molecule has 4 aliphatic rings. The molecule has 3 saturated carbocycles. The van der Waals surface area contributed by atoms with E-state index >= 15 is 0 Å². The number of allylic oxidation sites excluding steroid dienone is 1. The number of aromatic nitrogens is 1. The lowest BCUT2D eigenvalue weighted by molar-refractivity contribution is -0.126. The highest BCUT2D eigenvalue weighted by Gasteiger charge is 2.42. The van der Waals surface area contributed by atoms with Crippen molar-refractivity contribution < 1.29 is 23.9 Å². The summed E-state index contributed by atoms with van der Waals surface area (Å²) >= 11 is 0. The van der Waals surface area contributed by atoms with E-state index in [2.05, 4.69) is 139 Å². The van der Waals surface area contributed by atoms with Crippen LogP contribution in [0.2, 0.25) is 0 Å². The number of methoxy groups -OCH3 is 2. The number of ether oxygens (including phenoxy) is 2. The van der Waals surface area contributed by atoms with E-state index < -0.39 is 18.2 Å². The van der Waals surface area contributed by atoms with Crippen molar-refractivity contribution in [1.82, 2.24) is 15.6 Å². The van der Waals surface area contributed by atoms with Gasteiger partial charge in [-0.25, -0.2) is 9.59 Å². The summed E-state index contributed by atoms with van der Waals surface area (Å²) in [6.45, 7) is 12.9. The second-order valence-electron chi connectivity index (χ2n) is 21.4. The zero-order valence-electron chi connectivity index (χ0n) is 41.7. The number of aromatic amines is 1. The highest BCUT2D eigenvalue weighted by molar-refractivity contribution is 5.91. The number of carbonyl (C=O) groups is 3. The molecule has 4 aliphatic carbocycles. The molecule has 1 aromatic heterocycles. The van der Waals surface area contributed by atoms with Crippen molar-refractivity contribution in [3.8, 4) is 0 Å². The van der Waals surface area contributed by atoms with Crippen LogP contribution in [0.15, 0.2) is 115 Å². The van der Waals surface area contributed by atoms with Gasteiger partial charge in [-0.2, -0.15) is 0 Å². The van der Waals surface area contributed by atoms with Gasteiger partial charge in [0.1, 0.15) is 0 Å². The Morgan fingerprint density at radius 1 is 0.638 bits per heavy atom. The molecule has 3 N–H and O–H groups in total. The van der Waals surface area contributed by atoms with Crippen LogP contribution in [0.4, 0.5) is 9.59 Å². The van der Waals surface area contributed by atoms with Gasteiger partial charge in [-0.1, -0.05) is 143 Å². The maximum Gasteiger partial charge on any atom is 0.407 e. The number of rotatable bonds is 16. The van der Waals surface area contributed by atoms with Crippen molar-refractivity contribution in [3.63, 3.8) is 0 Å². The molecule has 2 amide bonds. The van der Waals surface area contributed by atoms with Crippen LogP contribution in [0.25, 0.3) is 17.0 Å². The van der Waals surface area contributed by atoms with Gasteiger partial charge >= 0.3 is 12.2 Å². The molecule has 4 aromatic carbocycles. The third-order valence-electron chi connectivity index (χ3n) is 16.7. The minimum Gasteiger partial charge on any atom is -0.453 e. The number of hydrogen-bond donors (Lipinski definition) is 3. The number of benzene rings is 4. The smallest absolute Gasteiger partial charge is 0.407 e. The summed E-state index contributed by atoms with van der Waals surface area (Å²) in [5.41, 5.74) is 14.5. The van der Waals surface area contributed by atoms with E-state index in [0.29, 0.717) is 29.6 Å². The van der Waals surface area contributed by atoms with Crippen LogP contribution in [0.1, 0.15) is 147 Å². The molecule has 3 fully saturated rings. The lowest BCUT2D eigenvalue weighted by Crippen LogP contribution is -2.47. The molecule has 0 spiro atoms. The zero-order valence-corrected chi connectivity index (χ0v) is 41.7. The third-order valence-corrected chi connectivity index (χ3v) is 16.7. The molecule has 0 aliphatic heterocycles. The highest BCUT2D eigenvalue weighted by atomic mass is 16.5. The monoisotopic (exact) mass is 928 g/mol. The van der Waals surface area contributed by atoms with Crippen LogP contribution in [0.3, 0.4) is 0 Å². The number of H-pyrrole nitrogens is 1. The molecule has 9 atom stereocenters. The van der Waals surface area contributed by atoms with Crippen molar-refractivity contribution in [2.45, 2.75) is 134 Å². The summed E-state index contributed by atoms with van der Waals surface area (Å²) < 4.78 is 9.90. The van der Waals surface area contributed by atoms with Crippen LogP contribution in [0, 0.1) is 29.6 Å². The Hall–Kier alpha value is -5.89. The van der Waals surface area contributed by atoms with Crippen molar-refractivity contribution in [1.29, 1.82) is 0 Å². The Bertz CT molecular complexity index is 2680. The second-order valence-corrected chi connectivity index (χ2v) is 21.4. The van der Waals surface area contributed by atoms with E-state index in [1.54, 1.807) is 0 Å². The first-order valence-electron chi connectivity index (χ1n) is 25.9. The first-order chi connectivity index (χ1) is 33.4. The molecule has 3 unspecified atom stereocenters. The first-order valence-corrected chi connectivity index (χ1v) is 25.9. The molecule has 0 saturated heterocycles. The van der Waals surface area contributed by atoms with E-state index in [1.165, 1.54) is 64.1 Å². The Labute approximate surface area is 410 Å². The number of amides is 2. The van der Waals surface area contributed by atoms with Gasteiger partial charge in [-0.05, 0) is 162 Å². The number of ketones is 1. The van der Waals surface area contributed by atoms with Gasteiger partial charge in [0.25, 0.3) is 0 Å². The van der Waals surface area contributed by atoms with Crippen LogP contribution in [-0.2, 0) is 33.5 Å². The molecule has 362 valence electrons. The maximum atomic E-state index is 14.1. The van der Waals surface area contributed by atoms with Gasteiger partial charge in [-0.3, -0.25) is 4.79 Å². The average molecular weight is 928 g/mol. The van der Waals surface area contributed by atoms with E-state index in [-0.39, 0.29) is 35.5 Å². The minimum absolute atomic E-state index is 0.0414. The van der Waals surface area contributed by atoms with Crippen LogP contribution in [0.5, 0.6) is 0 Å². The quantitative estimate of drug-likeness (QED) is 0.0854. The molecule has 69 heavy (non-hydrogen) atoms. The van der Waals surface area contributed by atoms with Crippen molar-refractivity contribution in [3.05, 3.63) is 159 Å². The number of Topliss-reactive ketones (excluding diaryl/α,β-unsaturated/α-hetero) is 1. The van der Waals surface area contributed by atoms with Crippen LogP contribution in [-0.4, -0.2) is 49.3 Å². The molecular formula is C61H73N3O5. The lowest BCUT2D eigenvalue weighted by Gasteiger charge is -2.31. The summed E-state index contributed by atoms with van der Waals surface area (Å²) in [7, 11) is 2.77. The van der Waals surface area contributed by atoms with Gasteiger partial charge in [0.05, 0.1) is 26.3 Å². The molecule has 9 rings (SSSR count). The van der Waals surface area contributed by atoms with Gasteiger partial charge < -0.3 is 25.1 Å². The Kier molecular flexibility index (Phi) is 14.6. The number of alkyl carbamates (subject to hydrolysis) is 2. The SMILES string of the molecule is C=C(C1CCC[C@H]1C1=Cc2cc([C@H]3CC[C@H](c4ccc5[nH]c([C@@H]6CCCC6C(=O)[C@@H](NC(=O)OC)C(C)C)cc5c4)C3c3ccc(CCc4ccccc4)cc3)ccc2C1)[C@@H](NC(=O)OC)C(C)C. The molecule has 0 radical (unpaired) electrons. The number of aryl methyl sites for hydroxylation is 2. The molecule has 8 heteroatoms. The Balaban J connectivity index is 0.994. The first kappa shape index (κ1) is 48.1. The van der Waals surface area contributed by atoms with Crippen LogP contribution < -0.4 is 10.6 Å². The largest absolute Gasteiger partial charge is 0.453 e. The van der Waals surface area contributed by atoms with Gasteiger partial charge in [0.15, 0.2) is 5.78 Å². The summed E-state index contributed by atoms with van der Waals surface area (Å²) in [6, 6.07) is 36.3. The van der Waals surface area contributed by atoms with E-state index in [9.17, 15) is 14.4 Å². The number of hydrogen-bond acceptors (Lipinski definition) is 5. The molecular weight excluding hydrogens is 855 g/mol. The lowest BCUT2D eigenvalue weighted by atomic mass is 9.76. The van der Waals surface area contributed by atoms with Gasteiger partial charge in [0.2, 0.25) is 0 Å². The topological polar surface area (TPSA) is 110 Å². The molecule has 8 nitrogen and oxygen atoms in total. The van der Waals surface area contributed by atoms with Gasteiger partial charge in [0, 0.05) is 23.0 Å². The van der Waals surface area contributed by atoms with Crippen molar-refractivity contribution in [2.24, 2.45) is 29.6 Å². The minimum atomic E-state index is -0.584. The summed E-state index contributed by atoms with van der Waals surface area (Å²) in [5.74, 6) is 1.93. The normalized spacial score (nSPS) is 24.0. The predicted octanol–water partition coefficient (Wildman–Crippen LogP) is 13.5. The maximum absolute atomic E-state index is 14.1. The number of nitrogens with one attached hydrogen (secondary N) is 3. The van der Waals surface area contributed by atoms with E-state index in [4.69, 9.17) is 9.47 Å². The fourth-order valence-corrected chi connectivity index (χ4v) is 13.1. The standard InChI is InChI=1S/C61H73N3O5/c1-36(2)57(63-60(66)68-6)38(5)48-15-11-16-49(48)46-31-42-25-26-43(32-45(42)34-46)50-28-29-51(56(50)41-23-21-40(22-24-41)20-19-39-13-9-8-10-14-39)44-27-30-54-47(33-44)35-55(62-54)52-17-12-18-53(52)59(65)58(37(3)4)64-61(67)69-7/h8-10,13-14,21-27,30,32-37,48-53,56-58,62H,5,11-12,15-20,28-29,31H2,1-4,6-7H3,(H,63,66)(H,64,67)/t48?,49-,50+,51+,52+,53?,56?,57-,58-/m0/s1. The fraction of sp³-hybridized carbons (Fsp3) is 0.459. The van der Waals surface area contributed by atoms with Crippen molar-refractivity contribution >= 4 is 34.9 Å². The summed E-state index contributed by atoms with van der Waals surface area (Å²) in [4.78, 5) is 42.4. The summed E-state index contributed by atoms with van der Waals surface area (Å²) in [5, 5.41) is 7.11. The Morgan fingerprint density at radius 3 is 1.90 bits per heavy atom. The van der Waals surface area contributed by atoms with E-state index in [0.717, 1.165) is 87.4 Å². The fourth-order valence-electron chi connectivity index (χ4n) is 13.1.